The van der Waals surface area contributed by atoms with E-state index in [1.807, 2.05) is 18.2 Å². The van der Waals surface area contributed by atoms with Gasteiger partial charge in [0.15, 0.2) is 0 Å². The van der Waals surface area contributed by atoms with Crippen LogP contribution in [0.2, 0.25) is 0 Å². The molecule has 2 heterocycles. The van der Waals surface area contributed by atoms with E-state index >= 15 is 0 Å². The van der Waals surface area contributed by atoms with Gasteiger partial charge in [-0.3, -0.25) is 0 Å². The summed E-state index contributed by atoms with van der Waals surface area (Å²) >= 11 is 0. The van der Waals surface area contributed by atoms with Crippen LogP contribution in [-0.2, 0) is 19.4 Å². The van der Waals surface area contributed by atoms with Crippen molar-refractivity contribution in [2.75, 3.05) is 13.7 Å². The van der Waals surface area contributed by atoms with Crippen molar-refractivity contribution in [2.24, 2.45) is 5.73 Å². The summed E-state index contributed by atoms with van der Waals surface area (Å²) in [6.45, 7) is 1.72. The fourth-order valence-corrected chi connectivity index (χ4v) is 2.78. The maximum Gasteiger partial charge on any atom is 0.119 e. The van der Waals surface area contributed by atoms with Gasteiger partial charge in [0.1, 0.15) is 11.6 Å². The van der Waals surface area contributed by atoms with Crippen molar-refractivity contribution in [3.05, 3.63) is 35.8 Å². The number of fused-ring (bicyclic) bond motifs is 1. The lowest BCUT2D eigenvalue weighted by Crippen LogP contribution is -2.08. The van der Waals surface area contributed by atoms with Gasteiger partial charge in [-0.2, -0.15) is 0 Å². The zero-order valence-electron chi connectivity index (χ0n) is 11.2. The molecular formula is C15H19N3O. The van der Waals surface area contributed by atoms with Crippen LogP contribution in [0.15, 0.2) is 24.3 Å². The molecule has 0 saturated heterocycles. The number of benzene rings is 1. The molecule has 3 rings (SSSR count). The molecule has 100 valence electrons. The quantitative estimate of drug-likeness (QED) is 0.911. The summed E-state index contributed by atoms with van der Waals surface area (Å²) in [5, 5.41) is 0. The molecule has 0 bridgehead atoms. The van der Waals surface area contributed by atoms with Gasteiger partial charge in [0, 0.05) is 24.2 Å². The van der Waals surface area contributed by atoms with Gasteiger partial charge in [0.25, 0.3) is 0 Å². The normalized spacial score (nSPS) is 13.6. The first kappa shape index (κ1) is 12.2. The van der Waals surface area contributed by atoms with Gasteiger partial charge in [0.2, 0.25) is 0 Å². The SMILES string of the molecule is COc1cccc(-c2nc(CCN)n3c2CCC3)c1. The van der Waals surface area contributed by atoms with Crippen molar-refractivity contribution in [3.8, 4) is 17.0 Å². The summed E-state index contributed by atoms with van der Waals surface area (Å²) in [7, 11) is 1.69. The van der Waals surface area contributed by atoms with Gasteiger partial charge in [-0.15, -0.1) is 0 Å². The third-order valence-corrected chi connectivity index (χ3v) is 3.66. The van der Waals surface area contributed by atoms with Crippen LogP contribution < -0.4 is 10.5 Å². The molecule has 2 N–H and O–H groups in total. The molecule has 4 nitrogen and oxygen atoms in total. The molecule has 0 atom stereocenters. The molecule has 0 amide bonds. The molecule has 1 aromatic carbocycles. The van der Waals surface area contributed by atoms with Crippen LogP contribution in [-0.4, -0.2) is 23.2 Å². The average molecular weight is 257 g/mol. The second-order valence-corrected chi connectivity index (χ2v) is 4.85. The Morgan fingerprint density at radius 3 is 3.11 bits per heavy atom. The Balaban J connectivity index is 2.07. The molecule has 2 aromatic rings. The second-order valence-electron chi connectivity index (χ2n) is 4.85. The summed E-state index contributed by atoms with van der Waals surface area (Å²) in [6, 6.07) is 8.11. The Labute approximate surface area is 113 Å². The maximum absolute atomic E-state index is 5.67. The van der Waals surface area contributed by atoms with E-state index in [1.54, 1.807) is 7.11 Å². The Morgan fingerprint density at radius 1 is 1.42 bits per heavy atom. The van der Waals surface area contributed by atoms with Crippen molar-refractivity contribution in [3.63, 3.8) is 0 Å². The molecule has 0 radical (unpaired) electrons. The van der Waals surface area contributed by atoms with Gasteiger partial charge in [0.05, 0.1) is 12.8 Å². The van der Waals surface area contributed by atoms with Crippen LogP contribution in [0.5, 0.6) is 5.75 Å². The minimum Gasteiger partial charge on any atom is -0.497 e. The Morgan fingerprint density at radius 2 is 2.32 bits per heavy atom. The largest absolute Gasteiger partial charge is 0.497 e. The van der Waals surface area contributed by atoms with Crippen LogP contribution in [0.4, 0.5) is 0 Å². The van der Waals surface area contributed by atoms with E-state index < -0.39 is 0 Å². The van der Waals surface area contributed by atoms with Gasteiger partial charge in [-0.25, -0.2) is 4.98 Å². The third-order valence-electron chi connectivity index (χ3n) is 3.66. The van der Waals surface area contributed by atoms with Crippen molar-refractivity contribution in [2.45, 2.75) is 25.8 Å². The molecule has 1 aliphatic heterocycles. The molecule has 0 aliphatic carbocycles. The van der Waals surface area contributed by atoms with E-state index in [4.69, 9.17) is 15.5 Å². The number of hydrogen-bond acceptors (Lipinski definition) is 3. The van der Waals surface area contributed by atoms with E-state index in [0.717, 1.165) is 42.2 Å². The molecule has 19 heavy (non-hydrogen) atoms. The van der Waals surface area contributed by atoms with E-state index in [0.29, 0.717) is 6.54 Å². The van der Waals surface area contributed by atoms with Gasteiger partial charge < -0.3 is 15.0 Å². The number of aromatic nitrogens is 2. The summed E-state index contributed by atoms with van der Waals surface area (Å²) < 4.78 is 7.63. The predicted octanol–water partition coefficient (Wildman–Crippen LogP) is 2.01. The minimum atomic E-state index is 0.647. The van der Waals surface area contributed by atoms with Crippen LogP contribution >= 0.6 is 0 Å². The Kier molecular flexibility index (Phi) is 3.25. The molecular weight excluding hydrogens is 238 g/mol. The van der Waals surface area contributed by atoms with Crippen molar-refractivity contribution >= 4 is 0 Å². The number of nitrogens with two attached hydrogens (primary N) is 1. The van der Waals surface area contributed by atoms with E-state index in [2.05, 4.69) is 10.6 Å². The molecule has 0 fully saturated rings. The number of nitrogens with zero attached hydrogens (tertiary/aromatic N) is 2. The number of rotatable bonds is 4. The number of hydrogen-bond donors (Lipinski definition) is 1. The first-order valence-electron chi connectivity index (χ1n) is 6.76. The van der Waals surface area contributed by atoms with Crippen molar-refractivity contribution in [1.29, 1.82) is 0 Å². The lowest BCUT2D eigenvalue weighted by atomic mass is 10.1. The number of methoxy groups -OCH3 is 1. The van der Waals surface area contributed by atoms with Crippen LogP contribution in [0.3, 0.4) is 0 Å². The van der Waals surface area contributed by atoms with Crippen LogP contribution in [0.1, 0.15) is 17.9 Å². The first-order valence-corrected chi connectivity index (χ1v) is 6.76. The highest BCUT2D eigenvalue weighted by Crippen LogP contribution is 2.31. The highest BCUT2D eigenvalue weighted by Gasteiger charge is 2.21. The summed E-state index contributed by atoms with van der Waals surface area (Å²) in [5.41, 5.74) is 9.25. The lowest BCUT2D eigenvalue weighted by Gasteiger charge is -2.03. The minimum absolute atomic E-state index is 0.647. The summed E-state index contributed by atoms with van der Waals surface area (Å²) in [6.07, 6.45) is 3.15. The standard InChI is InChI=1S/C15H19N3O/c1-19-12-5-2-4-11(10-12)15-13-6-3-9-18(13)14(17-15)7-8-16/h2,4-5,10H,3,6-9,16H2,1H3. The van der Waals surface area contributed by atoms with Crippen LogP contribution in [0, 0.1) is 0 Å². The molecule has 0 spiro atoms. The average Bonchev–Trinajstić information content (AvgIpc) is 3.03. The maximum atomic E-state index is 5.67. The third kappa shape index (κ3) is 2.12. The summed E-state index contributed by atoms with van der Waals surface area (Å²) in [4.78, 5) is 4.79. The van der Waals surface area contributed by atoms with Gasteiger partial charge in [-0.1, -0.05) is 12.1 Å². The van der Waals surface area contributed by atoms with E-state index in [1.165, 1.54) is 12.1 Å². The van der Waals surface area contributed by atoms with Gasteiger partial charge in [-0.05, 0) is 31.5 Å². The highest BCUT2D eigenvalue weighted by molar-refractivity contribution is 5.64. The molecule has 4 heteroatoms. The molecule has 1 aromatic heterocycles. The van der Waals surface area contributed by atoms with Crippen molar-refractivity contribution in [1.82, 2.24) is 9.55 Å². The van der Waals surface area contributed by atoms with Crippen LogP contribution in [0.25, 0.3) is 11.3 Å². The smallest absolute Gasteiger partial charge is 0.119 e. The molecule has 0 unspecified atom stereocenters. The second kappa shape index (κ2) is 5.05. The number of imidazole rings is 1. The highest BCUT2D eigenvalue weighted by atomic mass is 16.5. The number of ether oxygens (including phenoxy) is 1. The monoisotopic (exact) mass is 257 g/mol. The van der Waals surface area contributed by atoms with E-state index in [9.17, 15) is 0 Å². The molecule has 0 saturated carbocycles. The fraction of sp³-hybridized carbons (Fsp3) is 0.400. The predicted molar refractivity (Wildman–Crippen MR) is 75.3 cm³/mol. The lowest BCUT2D eigenvalue weighted by molar-refractivity contribution is 0.415. The summed E-state index contributed by atoms with van der Waals surface area (Å²) in [5.74, 6) is 1.99. The first-order chi connectivity index (χ1) is 9.33. The Hall–Kier alpha value is -1.81. The topological polar surface area (TPSA) is 53.1 Å². The Bertz CT molecular complexity index is 589. The van der Waals surface area contributed by atoms with Crippen molar-refractivity contribution < 1.29 is 4.74 Å². The van der Waals surface area contributed by atoms with E-state index in [-0.39, 0.29) is 0 Å². The fourth-order valence-electron chi connectivity index (χ4n) is 2.78. The zero-order valence-corrected chi connectivity index (χ0v) is 11.2. The van der Waals surface area contributed by atoms with Gasteiger partial charge >= 0.3 is 0 Å². The molecule has 1 aliphatic rings. The zero-order chi connectivity index (χ0) is 13.2.